The van der Waals surface area contributed by atoms with Crippen LogP contribution in [-0.4, -0.2) is 31.4 Å². The van der Waals surface area contributed by atoms with E-state index in [0.717, 1.165) is 17.7 Å². The Balaban J connectivity index is 2.19. The maximum atomic E-state index is 11.1. The highest BCUT2D eigenvalue weighted by Gasteiger charge is 2.04. The van der Waals surface area contributed by atoms with Crippen molar-refractivity contribution in [3.05, 3.63) is 42.0 Å². The van der Waals surface area contributed by atoms with Crippen molar-refractivity contribution in [2.75, 3.05) is 20.7 Å². The number of rotatable bonds is 5. The monoisotopic (exact) mass is 257 g/mol. The molecule has 3 nitrogen and oxygen atoms in total. The molecule has 0 aliphatic heterocycles. The Labute approximate surface area is 113 Å². The van der Waals surface area contributed by atoms with Crippen LogP contribution in [0.1, 0.15) is 12.5 Å². The van der Waals surface area contributed by atoms with Gasteiger partial charge in [-0.15, -0.1) is 0 Å². The zero-order valence-corrected chi connectivity index (χ0v) is 11.6. The van der Waals surface area contributed by atoms with Crippen molar-refractivity contribution in [2.45, 2.75) is 13.5 Å². The first-order valence-corrected chi connectivity index (χ1v) is 6.33. The van der Waals surface area contributed by atoms with E-state index in [2.05, 4.69) is 24.3 Å². The highest BCUT2D eigenvalue weighted by atomic mass is 16.5. The third-order valence-corrected chi connectivity index (χ3v) is 3.06. The molecule has 0 fully saturated rings. The molecule has 0 heterocycles. The van der Waals surface area contributed by atoms with Gasteiger partial charge < -0.3 is 4.74 Å². The summed E-state index contributed by atoms with van der Waals surface area (Å²) in [7, 11) is 3.63. The van der Waals surface area contributed by atoms with E-state index in [-0.39, 0.29) is 5.78 Å². The molecule has 0 bridgehead atoms. The number of nitrogens with zero attached hydrogens (tertiary/aromatic N) is 1. The van der Waals surface area contributed by atoms with E-state index in [0.29, 0.717) is 6.54 Å². The van der Waals surface area contributed by atoms with E-state index in [9.17, 15) is 4.79 Å². The summed E-state index contributed by atoms with van der Waals surface area (Å²) in [6.07, 6.45) is 0. The number of likely N-dealkylation sites (N-methyl/N-ethyl adjacent to an activating group) is 1. The van der Waals surface area contributed by atoms with Crippen LogP contribution in [0.5, 0.6) is 5.75 Å². The Morgan fingerprint density at radius 3 is 2.53 bits per heavy atom. The molecule has 3 heteroatoms. The van der Waals surface area contributed by atoms with Crippen molar-refractivity contribution in [3.8, 4) is 5.75 Å². The number of carbonyl (C=O) groups is 1. The van der Waals surface area contributed by atoms with Gasteiger partial charge in [0.05, 0.1) is 13.7 Å². The molecule has 0 radical (unpaired) electrons. The molecule has 0 atom stereocenters. The van der Waals surface area contributed by atoms with Crippen molar-refractivity contribution in [1.82, 2.24) is 4.90 Å². The lowest BCUT2D eigenvalue weighted by Crippen LogP contribution is -2.23. The van der Waals surface area contributed by atoms with Gasteiger partial charge >= 0.3 is 0 Å². The molecule has 0 aromatic heterocycles. The average Bonchev–Trinajstić information content (AvgIpc) is 2.37. The lowest BCUT2D eigenvalue weighted by molar-refractivity contribution is -0.117. The smallest absolute Gasteiger partial charge is 0.143 e. The molecule has 2 aromatic rings. The van der Waals surface area contributed by atoms with E-state index in [1.807, 2.05) is 24.1 Å². The van der Waals surface area contributed by atoms with Crippen molar-refractivity contribution >= 4 is 16.6 Å². The minimum atomic E-state index is 0.188. The van der Waals surface area contributed by atoms with Gasteiger partial charge in [-0.25, -0.2) is 0 Å². The Morgan fingerprint density at radius 2 is 1.84 bits per heavy atom. The van der Waals surface area contributed by atoms with Crippen LogP contribution >= 0.6 is 0 Å². The third kappa shape index (κ3) is 3.55. The van der Waals surface area contributed by atoms with Crippen LogP contribution in [0, 0.1) is 0 Å². The molecular formula is C16H19NO2. The Bertz CT molecular complexity index is 592. The fourth-order valence-electron chi connectivity index (χ4n) is 2.25. The van der Waals surface area contributed by atoms with Crippen LogP contribution in [-0.2, 0) is 11.3 Å². The summed E-state index contributed by atoms with van der Waals surface area (Å²) in [6, 6.07) is 12.4. The van der Waals surface area contributed by atoms with Crippen molar-refractivity contribution in [1.29, 1.82) is 0 Å². The lowest BCUT2D eigenvalue weighted by atomic mass is 10.1. The second-order valence-electron chi connectivity index (χ2n) is 4.92. The Morgan fingerprint density at radius 1 is 1.16 bits per heavy atom. The molecule has 0 aliphatic carbocycles. The lowest BCUT2D eigenvalue weighted by Gasteiger charge is -2.15. The van der Waals surface area contributed by atoms with E-state index < -0.39 is 0 Å². The maximum Gasteiger partial charge on any atom is 0.143 e. The number of carbonyl (C=O) groups excluding carboxylic acids is 1. The zero-order chi connectivity index (χ0) is 13.8. The number of ether oxygens (including phenoxy) is 1. The average molecular weight is 257 g/mol. The van der Waals surface area contributed by atoms with E-state index in [4.69, 9.17) is 4.74 Å². The number of benzene rings is 2. The largest absolute Gasteiger partial charge is 0.497 e. The summed E-state index contributed by atoms with van der Waals surface area (Å²) in [6.45, 7) is 2.88. The summed E-state index contributed by atoms with van der Waals surface area (Å²) in [5.74, 6) is 1.06. The molecule has 2 rings (SSSR count). The topological polar surface area (TPSA) is 29.5 Å². The number of ketones is 1. The van der Waals surface area contributed by atoms with Gasteiger partial charge in [-0.3, -0.25) is 9.69 Å². The van der Waals surface area contributed by atoms with Crippen molar-refractivity contribution < 1.29 is 9.53 Å². The maximum absolute atomic E-state index is 11.1. The minimum Gasteiger partial charge on any atom is -0.497 e. The molecule has 19 heavy (non-hydrogen) atoms. The highest BCUT2D eigenvalue weighted by molar-refractivity contribution is 5.84. The molecule has 0 amide bonds. The van der Waals surface area contributed by atoms with Crippen LogP contribution < -0.4 is 4.74 Å². The summed E-state index contributed by atoms with van der Waals surface area (Å²) in [5, 5.41) is 2.35. The van der Waals surface area contributed by atoms with Crippen LogP contribution in [0.3, 0.4) is 0 Å². The number of hydrogen-bond donors (Lipinski definition) is 0. The quantitative estimate of drug-likeness (QED) is 0.825. The fraction of sp³-hybridized carbons (Fsp3) is 0.312. The summed E-state index contributed by atoms with van der Waals surface area (Å²) < 4.78 is 5.22. The number of methoxy groups -OCH3 is 1. The number of hydrogen-bond acceptors (Lipinski definition) is 3. The number of Topliss-reactive ketones (excluding diaryl/α,β-unsaturated/α-hetero) is 1. The highest BCUT2D eigenvalue weighted by Crippen LogP contribution is 2.22. The van der Waals surface area contributed by atoms with Crippen LogP contribution in [0.4, 0.5) is 0 Å². The van der Waals surface area contributed by atoms with Gasteiger partial charge in [-0.2, -0.15) is 0 Å². The zero-order valence-electron chi connectivity index (χ0n) is 11.6. The van der Waals surface area contributed by atoms with Gasteiger partial charge in [0.1, 0.15) is 11.5 Å². The first-order chi connectivity index (χ1) is 9.08. The van der Waals surface area contributed by atoms with Crippen LogP contribution in [0.15, 0.2) is 36.4 Å². The second-order valence-corrected chi connectivity index (χ2v) is 4.92. The second kappa shape index (κ2) is 5.85. The SMILES string of the molecule is COc1ccc2cc(CN(C)CC(C)=O)ccc2c1. The molecule has 0 spiro atoms. The van der Waals surface area contributed by atoms with Gasteiger partial charge in [-0.1, -0.05) is 18.2 Å². The molecule has 0 aliphatic rings. The van der Waals surface area contributed by atoms with Crippen LogP contribution in [0.2, 0.25) is 0 Å². The standard InChI is InChI=1S/C16H19NO2/c1-12(18)10-17(2)11-13-4-5-15-9-16(19-3)7-6-14(15)8-13/h4-9H,10-11H2,1-3H3. The Kier molecular flexibility index (Phi) is 4.17. The van der Waals surface area contributed by atoms with Gasteiger partial charge in [0.15, 0.2) is 0 Å². The van der Waals surface area contributed by atoms with Crippen LogP contribution in [0.25, 0.3) is 10.8 Å². The summed E-state index contributed by atoms with van der Waals surface area (Å²) in [5.41, 5.74) is 1.21. The predicted octanol–water partition coefficient (Wildman–Crippen LogP) is 2.87. The van der Waals surface area contributed by atoms with E-state index in [1.165, 1.54) is 10.9 Å². The minimum absolute atomic E-state index is 0.188. The molecular weight excluding hydrogens is 238 g/mol. The summed E-state index contributed by atoms with van der Waals surface area (Å²) in [4.78, 5) is 13.1. The number of fused-ring (bicyclic) bond motifs is 1. The molecule has 0 saturated carbocycles. The molecule has 0 N–H and O–H groups in total. The first-order valence-electron chi connectivity index (χ1n) is 6.33. The summed E-state index contributed by atoms with van der Waals surface area (Å²) >= 11 is 0. The van der Waals surface area contributed by atoms with Crippen molar-refractivity contribution in [2.24, 2.45) is 0 Å². The molecule has 0 saturated heterocycles. The Hall–Kier alpha value is -1.87. The molecule has 100 valence electrons. The predicted molar refractivity (Wildman–Crippen MR) is 77.5 cm³/mol. The fourth-order valence-corrected chi connectivity index (χ4v) is 2.25. The van der Waals surface area contributed by atoms with Gasteiger partial charge in [0.2, 0.25) is 0 Å². The van der Waals surface area contributed by atoms with E-state index >= 15 is 0 Å². The van der Waals surface area contributed by atoms with Gasteiger partial charge in [-0.05, 0) is 48.5 Å². The van der Waals surface area contributed by atoms with Crippen molar-refractivity contribution in [3.63, 3.8) is 0 Å². The van der Waals surface area contributed by atoms with Gasteiger partial charge in [0.25, 0.3) is 0 Å². The van der Waals surface area contributed by atoms with Gasteiger partial charge in [0, 0.05) is 6.54 Å². The first kappa shape index (κ1) is 13.6. The normalized spacial score (nSPS) is 10.9. The molecule has 0 unspecified atom stereocenters. The molecule has 2 aromatic carbocycles. The third-order valence-electron chi connectivity index (χ3n) is 3.06. The van der Waals surface area contributed by atoms with E-state index in [1.54, 1.807) is 14.0 Å².